The summed E-state index contributed by atoms with van der Waals surface area (Å²) in [6, 6.07) is 5.53. The maximum Gasteiger partial charge on any atom is 0.238 e. The van der Waals surface area contributed by atoms with Crippen LogP contribution in [0, 0.1) is 0 Å². The van der Waals surface area contributed by atoms with Crippen LogP contribution >= 0.6 is 0 Å². The van der Waals surface area contributed by atoms with E-state index in [2.05, 4.69) is 0 Å². The second-order valence-corrected chi connectivity index (χ2v) is 4.74. The van der Waals surface area contributed by atoms with Crippen molar-refractivity contribution in [3.8, 4) is 0 Å². The number of nitrogens with two attached hydrogens (primary N) is 1. The summed E-state index contributed by atoms with van der Waals surface area (Å²) in [7, 11) is -3.94. The van der Waals surface area contributed by atoms with Gasteiger partial charge in [0.25, 0.3) is 0 Å². The van der Waals surface area contributed by atoms with Crippen molar-refractivity contribution in [3.63, 3.8) is 0 Å². The third-order valence-electron chi connectivity index (χ3n) is 1.98. The fourth-order valence-corrected chi connectivity index (χ4v) is 2.02. The molecule has 0 aromatic heterocycles. The largest absolute Gasteiger partial charge is 0.385 e. The first kappa shape index (κ1) is 12.1. The van der Waals surface area contributed by atoms with Gasteiger partial charge in [0.1, 0.15) is 12.3 Å². The lowest BCUT2D eigenvalue weighted by Gasteiger charge is -2.15. The average Bonchev–Trinajstić information content (AvgIpc) is 2.15. The van der Waals surface area contributed by atoms with Crippen molar-refractivity contribution >= 4 is 10.0 Å². The Balaban J connectivity index is 3.31. The number of primary sulfonamides is 1. The quantitative estimate of drug-likeness (QED) is 0.807. The van der Waals surface area contributed by atoms with Gasteiger partial charge in [0, 0.05) is 5.56 Å². The van der Waals surface area contributed by atoms with Gasteiger partial charge in [-0.1, -0.05) is 18.2 Å². The van der Waals surface area contributed by atoms with E-state index in [-0.39, 0.29) is 10.5 Å². The summed E-state index contributed by atoms with van der Waals surface area (Å²) in [5.41, 5.74) is -0.0185. The van der Waals surface area contributed by atoms with Gasteiger partial charge in [-0.2, -0.15) is 0 Å². The monoisotopic (exact) mass is 233 g/mol. The van der Waals surface area contributed by atoms with Gasteiger partial charge in [-0.25, -0.2) is 17.9 Å². The molecule has 0 radical (unpaired) electrons. The Kier molecular flexibility index (Phi) is 3.43. The summed E-state index contributed by atoms with van der Waals surface area (Å²) >= 11 is 0. The van der Waals surface area contributed by atoms with Crippen molar-refractivity contribution in [2.75, 3.05) is 0 Å². The van der Waals surface area contributed by atoms with Gasteiger partial charge in [-0.3, -0.25) is 0 Å². The lowest BCUT2D eigenvalue weighted by molar-refractivity contribution is 0.0859. The zero-order valence-corrected chi connectivity index (χ0v) is 8.91. The molecular weight excluding hydrogens is 221 g/mol. The van der Waals surface area contributed by atoms with Crippen LogP contribution in [0.2, 0.25) is 0 Å². The lowest BCUT2D eigenvalue weighted by atomic mass is 10.1. The third kappa shape index (κ3) is 2.74. The van der Waals surface area contributed by atoms with E-state index in [4.69, 9.17) is 5.14 Å². The van der Waals surface area contributed by atoms with E-state index < -0.39 is 22.3 Å². The maximum atomic E-state index is 12.9. The van der Waals surface area contributed by atoms with Crippen LogP contribution in [0.5, 0.6) is 0 Å². The molecule has 1 aromatic rings. The minimum absolute atomic E-state index is 0.0185. The minimum Gasteiger partial charge on any atom is -0.385 e. The molecule has 0 amide bonds. The van der Waals surface area contributed by atoms with Crippen LogP contribution in [0.1, 0.15) is 18.6 Å². The maximum absolute atomic E-state index is 12.9. The molecule has 0 aliphatic carbocycles. The molecule has 4 nitrogen and oxygen atoms in total. The fourth-order valence-electron chi connectivity index (χ4n) is 1.23. The Morgan fingerprint density at radius 3 is 2.40 bits per heavy atom. The summed E-state index contributed by atoms with van der Waals surface area (Å²) in [5.74, 6) is 0. The van der Waals surface area contributed by atoms with Crippen LogP contribution in [0.4, 0.5) is 4.39 Å². The Bertz CT molecular complexity index is 444. The zero-order chi connectivity index (χ0) is 11.6. The Hall–Kier alpha value is -0.980. The van der Waals surface area contributed by atoms with E-state index in [0.29, 0.717) is 0 Å². The van der Waals surface area contributed by atoms with Crippen LogP contribution in [-0.4, -0.2) is 19.7 Å². The number of halogens is 1. The molecule has 84 valence electrons. The minimum atomic E-state index is -3.94. The van der Waals surface area contributed by atoms with Crippen LogP contribution in [0.3, 0.4) is 0 Å². The molecule has 0 spiro atoms. The van der Waals surface area contributed by atoms with Crippen molar-refractivity contribution in [3.05, 3.63) is 29.8 Å². The molecule has 2 atom stereocenters. The SMILES string of the molecule is CC(F)C(O)c1ccccc1S(N)(=O)=O. The van der Waals surface area contributed by atoms with Gasteiger partial charge in [-0.05, 0) is 13.0 Å². The second kappa shape index (κ2) is 4.26. The molecule has 3 N–H and O–H groups in total. The molecule has 2 unspecified atom stereocenters. The molecule has 0 aliphatic heterocycles. The number of rotatable bonds is 3. The summed E-state index contributed by atoms with van der Waals surface area (Å²) in [6.45, 7) is 1.14. The number of alkyl halides is 1. The molecule has 0 saturated carbocycles. The van der Waals surface area contributed by atoms with E-state index in [1.54, 1.807) is 0 Å². The van der Waals surface area contributed by atoms with Crippen molar-refractivity contribution in [1.82, 2.24) is 0 Å². The van der Waals surface area contributed by atoms with Crippen molar-refractivity contribution in [1.29, 1.82) is 0 Å². The van der Waals surface area contributed by atoms with E-state index in [0.717, 1.165) is 6.92 Å². The zero-order valence-electron chi connectivity index (χ0n) is 8.09. The van der Waals surface area contributed by atoms with E-state index in [1.165, 1.54) is 24.3 Å². The number of aliphatic hydroxyl groups excluding tert-OH is 1. The van der Waals surface area contributed by atoms with Crippen molar-refractivity contribution in [2.45, 2.75) is 24.1 Å². The highest BCUT2D eigenvalue weighted by Gasteiger charge is 2.22. The van der Waals surface area contributed by atoms with Gasteiger partial charge in [-0.15, -0.1) is 0 Å². The lowest BCUT2D eigenvalue weighted by Crippen LogP contribution is -2.18. The molecule has 0 bridgehead atoms. The van der Waals surface area contributed by atoms with Crippen LogP contribution in [-0.2, 0) is 10.0 Å². The smallest absolute Gasteiger partial charge is 0.238 e. The topological polar surface area (TPSA) is 80.4 Å². The number of hydrogen-bond donors (Lipinski definition) is 2. The Labute approximate surface area is 87.6 Å². The molecule has 15 heavy (non-hydrogen) atoms. The number of hydrogen-bond acceptors (Lipinski definition) is 3. The highest BCUT2D eigenvalue weighted by atomic mass is 32.2. The van der Waals surface area contributed by atoms with Crippen LogP contribution < -0.4 is 5.14 Å². The fraction of sp³-hybridized carbons (Fsp3) is 0.333. The Morgan fingerprint density at radius 2 is 1.93 bits per heavy atom. The molecule has 0 saturated heterocycles. The molecule has 1 aromatic carbocycles. The van der Waals surface area contributed by atoms with E-state index in [9.17, 15) is 17.9 Å². The number of sulfonamides is 1. The highest BCUT2D eigenvalue weighted by Crippen LogP contribution is 2.25. The molecular formula is C9H12FNO3S. The van der Waals surface area contributed by atoms with Crippen molar-refractivity contribution < 1.29 is 17.9 Å². The standard InChI is InChI=1S/C9H12FNO3S/c1-6(10)9(12)7-4-2-3-5-8(7)15(11,13)14/h2-6,9,12H,1H3,(H2,11,13,14). The van der Waals surface area contributed by atoms with Gasteiger partial charge in [0.05, 0.1) is 4.90 Å². The second-order valence-electron chi connectivity index (χ2n) is 3.21. The predicted octanol–water partition coefficient (Wildman–Crippen LogP) is 0.725. The van der Waals surface area contributed by atoms with Gasteiger partial charge < -0.3 is 5.11 Å². The molecule has 0 heterocycles. The van der Waals surface area contributed by atoms with Crippen LogP contribution in [0.25, 0.3) is 0 Å². The number of benzene rings is 1. The molecule has 1 rings (SSSR count). The summed E-state index contributed by atoms with van der Waals surface area (Å²) in [4.78, 5) is -0.248. The normalized spacial score (nSPS) is 16.0. The first-order valence-corrected chi connectivity index (χ1v) is 5.82. The summed E-state index contributed by atoms with van der Waals surface area (Å²) in [6.07, 6.45) is -3.05. The van der Waals surface area contributed by atoms with Gasteiger partial charge in [0.2, 0.25) is 10.0 Å². The molecule has 6 heteroatoms. The molecule has 0 aliphatic rings. The first-order valence-electron chi connectivity index (χ1n) is 4.28. The number of aliphatic hydroxyl groups is 1. The van der Waals surface area contributed by atoms with Crippen molar-refractivity contribution in [2.24, 2.45) is 5.14 Å². The summed E-state index contributed by atoms with van der Waals surface area (Å²) < 4.78 is 35.1. The van der Waals surface area contributed by atoms with Gasteiger partial charge >= 0.3 is 0 Å². The van der Waals surface area contributed by atoms with E-state index >= 15 is 0 Å². The van der Waals surface area contributed by atoms with E-state index in [1.807, 2.05) is 0 Å². The van der Waals surface area contributed by atoms with Crippen LogP contribution in [0.15, 0.2) is 29.2 Å². The van der Waals surface area contributed by atoms with Gasteiger partial charge in [0.15, 0.2) is 0 Å². The summed E-state index contributed by atoms with van der Waals surface area (Å²) in [5, 5.41) is 14.4. The first-order chi connectivity index (χ1) is 6.84. The third-order valence-corrected chi connectivity index (χ3v) is 2.96. The Morgan fingerprint density at radius 1 is 1.40 bits per heavy atom. The molecule has 0 fully saturated rings. The predicted molar refractivity (Wildman–Crippen MR) is 53.3 cm³/mol. The average molecular weight is 233 g/mol. The highest BCUT2D eigenvalue weighted by molar-refractivity contribution is 7.89.